The number of ether oxygens (including phenoxy) is 1. The van der Waals surface area contributed by atoms with E-state index in [2.05, 4.69) is 20.9 Å². The van der Waals surface area contributed by atoms with Crippen LogP contribution >= 0.6 is 0 Å². The number of amidine groups is 1. The maximum Gasteiger partial charge on any atom is 0.416 e. The lowest BCUT2D eigenvalue weighted by Gasteiger charge is -2.29. The molecule has 5 N–H and O–H groups in total. The first-order valence-electron chi connectivity index (χ1n) is 11.9. The first-order valence-corrected chi connectivity index (χ1v) is 11.9. The molecule has 1 aromatic carbocycles. The summed E-state index contributed by atoms with van der Waals surface area (Å²) in [4.78, 5) is 29.6. The number of amides is 1. The van der Waals surface area contributed by atoms with Gasteiger partial charge in [0.05, 0.1) is 30.7 Å². The van der Waals surface area contributed by atoms with Gasteiger partial charge in [-0.05, 0) is 56.9 Å². The van der Waals surface area contributed by atoms with Crippen molar-refractivity contribution in [3.63, 3.8) is 0 Å². The zero-order valence-electron chi connectivity index (χ0n) is 20.6. The van der Waals surface area contributed by atoms with Crippen molar-refractivity contribution >= 4 is 23.1 Å². The van der Waals surface area contributed by atoms with E-state index in [0.29, 0.717) is 0 Å². The predicted molar refractivity (Wildman–Crippen MR) is 132 cm³/mol. The lowest BCUT2D eigenvalue weighted by Crippen LogP contribution is -2.42. The van der Waals surface area contributed by atoms with Crippen molar-refractivity contribution in [2.75, 3.05) is 24.3 Å². The van der Waals surface area contributed by atoms with Crippen LogP contribution in [-0.2, 0) is 22.3 Å². The number of aromatic nitrogens is 2. The molecular weight excluding hydrogens is 493 g/mol. The summed E-state index contributed by atoms with van der Waals surface area (Å²) >= 11 is 0. The summed E-state index contributed by atoms with van der Waals surface area (Å²) in [5.74, 6) is -0.655. The van der Waals surface area contributed by atoms with E-state index in [1.807, 2.05) is 0 Å². The molecule has 13 heteroatoms. The van der Waals surface area contributed by atoms with Crippen LogP contribution in [0.4, 0.5) is 24.5 Å². The number of aliphatic hydroxyl groups is 1. The summed E-state index contributed by atoms with van der Waals surface area (Å²) in [6.07, 6.45) is -0.849. The topological polar surface area (TPSA) is 141 Å². The number of hydrogen-bond donors (Lipinski definition) is 5. The molecule has 1 aromatic heterocycles. The summed E-state index contributed by atoms with van der Waals surface area (Å²) in [5.41, 5.74) is -1.25. The molecule has 1 aliphatic carbocycles. The number of aliphatic hydroxyl groups excluding tert-OH is 1. The van der Waals surface area contributed by atoms with E-state index in [1.165, 1.54) is 19.2 Å². The zero-order chi connectivity index (χ0) is 27.2. The molecule has 1 fully saturated rings. The first-order chi connectivity index (χ1) is 17.5. The van der Waals surface area contributed by atoms with E-state index < -0.39 is 23.4 Å². The number of benzene rings is 1. The van der Waals surface area contributed by atoms with E-state index in [0.717, 1.165) is 48.7 Å². The maximum absolute atomic E-state index is 12.9. The van der Waals surface area contributed by atoms with E-state index in [-0.39, 0.29) is 54.1 Å². The van der Waals surface area contributed by atoms with Gasteiger partial charge in [0.2, 0.25) is 5.91 Å². The van der Waals surface area contributed by atoms with E-state index >= 15 is 0 Å². The summed E-state index contributed by atoms with van der Waals surface area (Å²) in [6, 6.07) is 4.07. The first kappa shape index (κ1) is 28.1. The van der Waals surface area contributed by atoms with Crippen LogP contribution in [0.15, 0.2) is 35.4 Å². The third-order valence-electron chi connectivity index (χ3n) is 5.93. The number of halogens is 3. The highest BCUT2D eigenvalue weighted by atomic mass is 19.4. The van der Waals surface area contributed by atoms with Crippen molar-refractivity contribution in [1.82, 2.24) is 14.9 Å². The highest BCUT2D eigenvalue weighted by molar-refractivity contribution is 6.08. The lowest BCUT2D eigenvalue weighted by atomic mass is 9.93. The molecule has 1 amide bonds. The van der Waals surface area contributed by atoms with E-state index in [1.54, 1.807) is 6.92 Å². The van der Waals surface area contributed by atoms with Crippen LogP contribution in [0.2, 0.25) is 0 Å². The average molecular weight is 525 g/mol. The summed E-state index contributed by atoms with van der Waals surface area (Å²) in [5, 5.41) is 25.8. The van der Waals surface area contributed by atoms with Crippen molar-refractivity contribution in [2.24, 2.45) is 0 Å². The molecule has 1 aliphatic rings. The second-order valence-corrected chi connectivity index (χ2v) is 8.95. The van der Waals surface area contributed by atoms with Gasteiger partial charge in [-0.25, -0.2) is 4.98 Å². The van der Waals surface area contributed by atoms with Gasteiger partial charge in [0.15, 0.2) is 5.84 Å². The normalized spacial score (nSPS) is 18.6. The number of nitrogens with one attached hydrogen (secondary N) is 4. The highest BCUT2D eigenvalue weighted by Gasteiger charge is 2.30. The van der Waals surface area contributed by atoms with Crippen molar-refractivity contribution in [1.29, 1.82) is 5.41 Å². The third-order valence-corrected chi connectivity index (χ3v) is 5.93. The van der Waals surface area contributed by atoms with Crippen LogP contribution in [0.1, 0.15) is 43.9 Å². The van der Waals surface area contributed by atoms with Crippen molar-refractivity contribution < 1.29 is 27.8 Å². The minimum Gasteiger partial charge on any atom is -0.391 e. The van der Waals surface area contributed by atoms with E-state index in [4.69, 9.17) is 10.1 Å². The molecule has 2 aromatic rings. The Bertz CT molecular complexity index is 1140. The molecule has 37 heavy (non-hydrogen) atoms. The Kier molecular flexibility index (Phi) is 9.27. The van der Waals surface area contributed by atoms with Crippen LogP contribution in [0.3, 0.4) is 0 Å². The molecule has 10 nitrogen and oxygen atoms in total. The summed E-state index contributed by atoms with van der Waals surface area (Å²) in [6.45, 7) is 1.67. The zero-order valence-corrected chi connectivity index (χ0v) is 20.6. The molecule has 0 aliphatic heterocycles. The van der Waals surface area contributed by atoms with Crippen LogP contribution in [0.5, 0.6) is 0 Å². The predicted octanol–water partition coefficient (Wildman–Crippen LogP) is 2.57. The Balaban J connectivity index is 1.60. The lowest BCUT2D eigenvalue weighted by molar-refractivity contribution is -0.137. The number of carbonyl (C=O) groups is 1. The number of alkyl halides is 3. The van der Waals surface area contributed by atoms with Gasteiger partial charge in [-0.1, -0.05) is 0 Å². The van der Waals surface area contributed by atoms with Gasteiger partial charge < -0.3 is 25.8 Å². The Hall–Kier alpha value is -3.45. The quantitative estimate of drug-likeness (QED) is 0.251. The van der Waals surface area contributed by atoms with Crippen molar-refractivity contribution in [3.05, 3.63) is 52.2 Å². The molecular formula is C24H31F3N6O4. The molecule has 0 bridgehead atoms. The van der Waals surface area contributed by atoms with Crippen molar-refractivity contribution in [2.45, 2.75) is 63.6 Å². The SMILES string of the molecule is CNc1c(C(=N)Nc2ccc(C(F)(F)F)cc2)ncn(CC(=O)NC2CCC(OC[C@H](C)O)CC2)c1=O. The molecule has 0 radical (unpaired) electrons. The molecule has 202 valence electrons. The molecule has 1 atom stereocenters. The van der Waals surface area contributed by atoms with Gasteiger partial charge in [-0.2, -0.15) is 13.2 Å². The van der Waals surface area contributed by atoms with Gasteiger partial charge in [0, 0.05) is 18.8 Å². The van der Waals surface area contributed by atoms with Gasteiger partial charge in [0.25, 0.3) is 5.56 Å². The molecule has 1 heterocycles. The Morgan fingerprint density at radius 2 is 1.89 bits per heavy atom. The second-order valence-electron chi connectivity index (χ2n) is 8.95. The largest absolute Gasteiger partial charge is 0.416 e. The molecule has 3 rings (SSSR count). The summed E-state index contributed by atoms with van der Waals surface area (Å²) < 4.78 is 45.0. The van der Waals surface area contributed by atoms with Crippen LogP contribution < -0.4 is 21.5 Å². The van der Waals surface area contributed by atoms with Crippen LogP contribution in [0.25, 0.3) is 0 Å². The highest BCUT2D eigenvalue weighted by Crippen LogP contribution is 2.30. The van der Waals surface area contributed by atoms with Crippen molar-refractivity contribution in [3.8, 4) is 0 Å². The second kappa shape index (κ2) is 12.2. The molecule has 0 spiro atoms. The minimum absolute atomic E-state index is 0.0320. The molecule has 0 saturated heterocycles. The molecule has 0 unspecified atom stereocenters. The van der Waals surface area contributed by atoms with Gasteiger partial charge in [-0.3, -0.25) is 19.6 Å². The smallest absolute Gasteiger partial charge is 0.391 e. The Morgan fingerprint density at radius 1 is 1.24 bits per heavy atom. The Labute approximate surface area is 211 Å². The van der Waals surface area contributed by atoms with Gasteiger partial charge >= 0.3 is 6.18 Å². The minimum atomic E-state index is -4.48. The van der Waals surface area contributed by atoms with E-state index in [9.17, 15) is 27.9 Å². The number of anilines is 2. The average Bonchev–Trinajstić information content (AvgIpc) is 2.84. The fraction of sp³-hybridized carbons (Fsp3) is 0.500. The number of carbonyl (C=O) groups excluding carboxylic acids is 1. The van der Waals surface area contributed by atoms with Gasteiger partial charge in [-0.15, -0.1) is 0 Å². The Morgan fingerprint density at radius 3 is 2.46 bits per heavy atom. The fourth-order valence-corrected chi connectivity index (χ4v) is 4.04. The summed E-state index contributed by atoms with van der Waals surface area (Å²) in [7, 11) is 1.47. The third kappa shape index (κ3) is 7.76. The fourth-order valence-electron chi connectivity index (χ4n) is 4.04. The standard InChI is InChI=1S/C24H31F3N6O4/c1-14(34)12-37-18-9-7-16(8-10-18)31-19(35)11-33-13-30-20(21(29-2)23(33)36)22(28)32-17-5-3-15(4-6-17)24(25,26)27/h3-6,13-14,16,18,29,34H,7-12H2,1-2H3,(H2,28,32)(H,31,35)/t14-,16?,18?/m0/s1. The van der Waals surface area contributed by atoms with Crippen LogP contribution in [-0.4, -0.2) is 58.3 Å². The number of hydrogen-bond acceptors (Lipinski definition) is 7. The number of rotatable bonds is 9. The maximum atomic E-state index is 12.9. The van der Waals surface area contributed by atoms with Gasteiger partial charge in [0.1, 0.15) is 17.9 Å². The molecule has 1 saturated carbocycles. The monoisotopic (exact) mass is 524 g/mol. The van der Waals surface area contributed by atoms with Crippen LogP contribution in [0, 0.1) is 5.41 Å². The number of nitrogens with zero attached hydrogens (tertiary/aromatic N) is 2.